The first-order valence-electron chi connectivity index (χ1n) is 7.62. The summed E-state index contributed by atoms with van der Waals surface area (Å²) in [7, 11) is 0. The number of nitrogens with zero attached hydrogens (tertiary/aromatic N) is 5. The van der Waals surface area contributed by atoms with Gasteiger partial charge >= 0.3 is 0 Å². The molecule has 0 aliphatic heterocycles. The molecule has 0 spiro atoms. The highest BCUT2D eigenvalue weighted by molar-refractivity contribution is 7.19. The predicted octanol–water partition coefficient (Wildman–Crippen LogP) is 4.72. The average molecular weight is 364 g/mol. The Labute approximate surface area is 151 Å². The zero-order valence-corrected chi connectivity index (χ0v) is 14.4. The number of halogens is 1. The Hall–Kier alpha value is -2.83. The maximum Gasteiger partial charge on any atom is 0.235 e. The molecule has 0 aliphatic carbocycles. The highest BCUT2D eigenvalue weighted by atomic mass is 35.5. The maximum atomic E-state index is 5.96. The van der Waals surface area contributed by atoms with Gasteiger partial charge in [-0.15, -0.1) is 10.2 Å². The number of rotatable bonds is 2. The molecule has 3 heterocycles. The van der Waals surface area contributed by atoms with Crippen LogP contribution in [0.4, 0.5) is 0 Å². The van der Waals surface area contributed by atoms with Gasteiger partial charge in [0.1, 0.15) is 10.7 Å². The lowest BCUT2D eigenvalue weighted by atomic mass is 10.2. The third-order valence-electron chi connectivity index (χ3n) is 3.91. The molecular weight excluding hydrogens is 354 g/mol. The lowest BCUT2D eigenvalue weighted by molar-refractivity contribution is 0.964. The first-order chi connectivity index (χ1) is 12.3. The van der Waals surface area contributed by atoms with E-state index in [-0.39, 0.29) is 0 Å². The van der Waals surface area contributed by atoms with Crippen LogP contribution in [0.3, 0.4) is 0 Å². The van der Waals surface area contributed by atoms with E-state index >= 15 is 0 Å². The van der Waals surface area contributed by atoms with Gasteiger partial charge in [0.2, 0.25) is 10.8 Å². The van der Waals surface area contributed by atoms with Crippen LogP contribution in [-0.4, -0.2) is 24.8 Å². The fourth-order valence-corrected chi connectivity index (χ4v) is 3.65. The quantitative estimate of drug-likeness (QED) is 0.455. The Morgan fingerprint density at radius 3 is 2.60 bits per heavy atom. The smallest absolute Gasteiger partial charge is 0.235 e. The van der Waals surface area contributed by atoms with Crippen molar-refractivity contribution in [3.8, 4) is 22.1 Å². The van der Waals surface area contributed by atoms with E-state index in [1.807, 2.05) is 60.7 Å². The first-order valence-corrected chi connectivity index (χ1v) is 8.82. The van der Waals surface area contributed by atoms with Crippen molar-refractivity contribution in [2.24, 2.45) is 0 Å². The summed E-state index contributed by atoms with van der Waals surface area (Å²) < 4.78 is 1.74. The van der Waals surface area contributed by atoms with E-state index in [1.54, 1.807) is 4.52 Å². The molecule has 0 aliphatic rings. The monoisotopic (exact) mass is 363 g/mol. The number of aromatic nitrogens is 5. The summed E-state index contributed by atoms with van der Waals surface area (Å²) >= 11 is 7.44. The Balaban J connectivity index is 1.64. The molecule has 0 atom stereocenters. The van der Waals surface area contributed by atoms with Gasteiger partial charge in [-0.2, -0.15) is 9.61 Å². The van der Waals surface area contributed by atoms with E-state index in [2.05, 4.69) is 20.3 Å². The molecule has 5 nitrogen and oxygen atoms in total. The largest absolute Gasteiger partial charge is 0.244 e. The lowest BCUT2D eigenvalue weighted by Gasteiger charge is -2.00. The lowest BCUT2D eigenvalue weighted by Crippen LogP contribution is -1.93. The van der Waals surface area contributed by atoms with E-state index in [0.717, 1.165) is 32.1 Å². The van der Waals surface area contributed by atoms with Crippen LogP contribution in [0.25, 0.3) is 38.0 Å². The summed E-state index contributed by atoms with van der Waals surface area (Å²) in [4.78, 5) is 5.42. The Bertz CT molecular complexity index is 1210. The third-order valence-corrected chi connectivity index (χ3v) is 5.11. The molecule has 0 fully saturated rings. The average Bonchev–Trinajstić information content (AvgIpc) is 3.22. The van der Waals surface area contributed by atoms with E-state index in [1.165, 1.54) is 11.3 Å². The molecule has 0 unspecified atom stereocenters. The van der Waals surface area contributed by atoms with Crippen LogP contribution >= 0.6 is 22.9 Å². The Morgan fingerprint density at radius 2 is 1.72 bits per heavy atom. The van der Waals surface area contributed by atoms with Crippen LogP contribution < -0.4 is 0 Å². The number of hydrogen-bond donors (Lipinski definition) is 0. The number of fused-ring (bicyclic) bond motifs is 2. The van der Waals surface area contributed by atoms with E-state index < -0.39 is 0 Å². The summed E-state index contributed by atoms with van der Waals surface area (Å²) in [5.74, 6) is 0.636. The number of hydrogen-bond acceptors (Lipinski definition) is 5. The number of pyridine rings is 1. The summed E-state index contributed by atoms with van der Waals surface area (Å²) in [6.45, 7) is 0. The van der Waals surface area contributed by atoms with Gasteiger partial charge < -0.3 is 0 Å². The molecule has 0 bridgehead atoms. The van der Waals surface area contributed by atoms with Crippen LogP contribution in [0.15, 0.2) is 60.7 Å². The molecular formula is C18H10ClN5S. The zero-order valence-electron chi connectivity index (χ0n) is 12.8. The van der Waals surface area contributed by atoms with Gasteiger partial charge in [0.05, 0.1) is 5.52 Å². The van der Waals surface area contributed by atoms with Crippen molar-refractivity contribution in [2.45, 2.75) is 0 Å². The maximum absolute atomic E-state index is 5.96. The van der Waals surface area contributed by atoms with Gasteiger partial charge in [0.25, 0.3) is 0 Å². The van der Waals surface area contributed by atoms with Gasteiger partial charge in [0, 0.05) is 16.0 Å². The van der Waals surface area contributed by atoms with Crippen LogP contribution in [0.1, 0.15) is 0 Å². The second kappa shape index (κ2) is 5.61. The second-order valence-electron chi connectivity index (χ2n) is 5.52. The molecule has 5 rings (SSSR count). The van der Waals surface area contributed by atoms with Crippen molar-refractivity contribution in [3.05, 3.63) is 65.7 Å². The van der Waals surface area contributed by atoms with E-state index in [4.69, 9.17) is 11.6 Å². The summed E-state index contributed by atoms with van der Waals surface area (Å²) in [6, 6.07) is 19.6. The molecule has 0 N–H and O–H groups in total. The topological polar surface area (TPSA) is 56.0 Å². The standard InChI is InChI=1S/C18H10ClN5S/c19-13-8-5-12(6-9-13)17-23-24-16(21-22-18(24)25-17)15-10-7-11-3-1-2-4-14(11)20-15/h1-10H. The van der Waals surface area contributed by atoms with Crippen molar-refractivity contribution in [1.29, 1.82) is 0 Å². The minimum Gasteiger partial charge on any atom is -0.244 e. The fourth-order valence-electron chi connectivity index (χ4n) is 2.68. The van der Waals surface area contributed by atoms with Crippen molar-refractivity contribution in [1.82, 2.24) is 24.8 Å². The highest BCUT2D eigenvalue weighted by Crippen LogP contribution is 2.28. The first kappa shape index (κ1) is 14.5. The normalized spacial score (nSPS) is 11.4. The van der Waals surface area contributed by atoms with Gasteiger partial charge in [0.15, 0.2) is 0 Å². The Morgan fingerprint density at radius 1 is 0.880 bits per heavy atom. The minimum atomic E-state index is 0.636. The SMILES string of the molecule is Clc1ccc(-c2nn3c(-c4ccc5ccccc5n4)nnc3s2)cc1. The van der Waals surface area contributed by atoms with Crippen molar-refractivity contribution < 1.29 is 0 Å². The molecule has 0 saturated heterocycles. The zero-order chi connectivity index (χ0) is 16.8. The van der Waals surface area contributed by atoms with Crippen molar-refractivity contribution in [3.63, 3.8) is 0 Å². The highest BCUT2D eigenvalue weighted by Gasteiger charge is 2.15. The molecule has 0 radical (unpaired) electrons. The molecule has 5 aromatic rings. The van der Waals surface area contributed by atoms with Crippen molar-refractivity contribution in [2.75, 3.05) is 0 Å². The summed E-state index contributed by atoms with van der Waals surface area (Å²) in [5.41, 5.74) is 2.67. The molecule has 0 amide bonds. The van der Waals surface area contributed by atoms with E-state index in [9.17, 15) is 0 Å². The molecule has 25 heavy (non-hydrogen) atoms. The number of benzene rings is 2. The van der Waals surface area contributed by atoms with Crippen molar-refractivity contribution >= 4 is 38.8 Å². The Kier molecular flexibility index (Phi) is 3.26. The van der Waals surface area contributed by atoms with Crippen LogP contribution in [0.2, 0.25) is 5.02 Å². The molecule has 7 heteroatoms. The van der Waals surface area contributed by atoms with Gasteiger partial charge in [-0.1, -0.05) is 59.3 Å². The van der Waals surface area contributed by atoms with Gasteiger partial charge in [-0.25, -0.2) is 4.98 Å². The summed E-state index contributed by atoms with van der Waals surface area (Å²) in [5, 5.41) is 15.8. The molecule has 2 aromatic carbocycles. The second-order valence-corrected chi connectivity index (χ2v) is 6.91. The molecule has 120 valence electrons. The number of para-hydroxylation sites is 1. The summed E-state index contributed by atoms with van der Waals surface area (Å²) in [6.07, 6.45) is 0. The van der Waals surface area contributed by atoms with E-state index in [0.29, 0.717) is 10.8 Å². The van der Waals surface area contributed by atoms with Gasteiger partial charge in [-0.3, -0.25) is 0 Å². The van der Waals surface area contributed by atoms with Crippen LogP contribution in [-0.2, 0) is 0 Å². The third kappa shape index (κ3) is 2.47. The molecule has 3 aromatic heterocycles. The molecule has 0 saturated carbocycles. The minimum absolute atomic E-state index is 0.636. The van der Waals surface area contributed by atoms with Gasteiger partial charge in [-0.05, 0) is 24.3 Å². The predicted molar refractivity (Wildman–Crippen MR) is 99.8 cm³/mol. The van der Waals surface area contributed by atoms with Crippen LogP contribution in [0, 0.1) is 0 Å². The fraction of sp³-hybridized carbons (Fsp3) is 0. The van der Waals surface area contributed by atoms with Crippen LogP contribution in [0.5, 0.6) is 0 Å².